The summed E-state index contributed by atoms with van der Waals surface area (Å²) < 4.78 is 10.5. The van der Waals surface area contributed by atoms with Gasteiger partial charge in [-0.15, -0.1) is 0 Å². The number of ketones is 1. The van der Waals surface area contributed by atoms with Crippen molar-refractivity contribution in [3.8, 4) is 0 Å². The molecule has 1 saturated carbocycles. The molecule has 0 spiro atoms. The molecule has 1 aliphatic rings. The Hall–Kier alpha value is -1.81. The second kappa shape index (κ2) is 32.4. The zero-order valence-corrected chi connectivity index (χ0v) is 34.0. The minimum Gasteiger partial charge on any atom is -0.462 e. The molecule has 53 heavy (non-hydrogen) atoms. The summed E-state index contributed by atoms with van der Waals surface area (Å²) in [4.78, 5) is 37.2. The molecule has 4 N–H and O–H groups in total. The van der Waals surface area contributed by atoms with Crippen LogP contribution >= 0.6 is 0 Å². The lowest BCUT2D eigenvalue weighted by molar-refractivity contribution is -0.161. The molecule has 0 aromatic carbocycles. The average Bonchev–Trinajstić information content (AvgIpc) is 3.39. The lowest BCUT2D eigenvalue weighted by Gasteiger charge is -2.20. The Balaban J connectivity index is 2.08. The summed E-state index contributed by atoms with van der Waals surface area (Å²) in [6, 6.07) is 0. The zero-order valence-electron chi connectivity index (χ0n) is 34.0. The van der Waals surface area contributed by atoms with Crippen LogP contribution in [0.3, 0.4) is 0 Å². The number of hydrogen-bond acceptors (Lipinski definition) is 9. The monoisotopic (exact) mass is 753 g/mol. The first-order chi connectivity index (χ1) is 25.6. The molecule has 0 amide bonds. The molecule has 9 heteroatoms. The topological polar surface area (TPSA) is 151 Å². The van der Waals surface area contributed by atoms with Crippen LogP contribution in [0.1, 0.15) is 194 Å². The Bertz CT molecular complexity index is 951. The first kappa shape index (κ1) is 49.2. The van der Waals surface area contributed by atoms with Gasteiger partial charge < -0.3 is 29.9 Å². The fourth-order valence-corrected chi connectivity index (χ4v) is 7.32. The summed E-state index contributed by atoms with van der Waals surface area (Å²) in [5, 5.41) is 40.7. The van der Waals surface area contributed by atoms with Crippen molar-refractivity contribution in [2.75, 3.05) is 13.2 Å². The summed E-state index contributed by atoms with van der Waals surface area (Å²) in [7, 11) is 0. The van der Waals surface area contributed by atoms with Crippen molar-refractivity contribution in [1.82, 2.24) is 0 Å². The summed E-state index contributed by atoms with van der Waals surface area (Å²) in [5.41, 5.74) is 0. The van der Waals surface area contributed by atoms with E-state index in [1.807, 2.05) is 0 Å². The van der Waals surface area contributed by atoms with Gasteiger partial charge in [0.05, 0.1) is 24.9 Å². The maximum atomic E-state index is 12.7. The summed E-state index contributed by atoms with van der Waals surface area (Å²) in [5.74, 6) is -0.871. The minimum absolute atomic E-state index is 0.0416. The van der Waals surface area contributed by atoms with E-state index < -0.39 is 48.9 Å². The van der Waals surface area contributed by atoms with Crippen LogP contribution in [0.15, 0.2) is 12.2 Å². The van der Waals surface area contributed by atoms with Gasteiger partial charge in [-0.2, -0.15) is 0 Å². The van der Waals surface area contributed by atoms with Gasteiger partial charge >= 0.3 is 11.9 Å². The van der Waals surface area contributed by atoms with Crippen molar-refractivity contribution in [1.29, 1.82) is 0 Å². The molecule has 9 nitrogen and oxygen atoms in total. The Morgan fingerprint density at radius 3 is 1.75 bits per heavy atom. The van der Waals surface area contributed by atoms with E-state index in [9.17, 15) is 34.8 Å². The highest BCUT2D eigenvalue weighted by molar-refractivity contribution is 5.79. The van der Waals surface area contributed by atoms with Crippen LogP contribution in [0.2, 0.25) is 0 Å². The Kier molecular flexibility index (Phi) is 30.1. The van der Waals surface area contributed by atoms with Crippen LogP contribution in [0.25, 0.3) is 0 Å². The van der Waals surface area contributed by atoms with Crippen molar-refractivity contribution in [2.24, 2.45) is 17.8 Å². The smallest absolute Gasteiger partial charge is 0.306 e. The Morgan fingerprint density at radius 1 is 0.679 bits per heavy atom. The van der Waals surface area contributed by atoms with Gasteiger partial charge in [-0.3, -0.25) is 14.4 Å². The van der Waals surface area contributed by atoms with E-state index >= 15 is 0 Å². The largest absolute Gasteiger partial charge is 0.462 e. The van der Waals surface area contributed by atoms with E-state index in [1.165, 1.54) is 83.5 Å². The predicted molar refractivity (Wildman–Crippen MR) is 212 cm³/mol. The van der Waals surface area contributed by atoms with Gasteiger partial charge in [-0.05, 0) is 31.6 Å². The quantitative estimate of drug-likeness (QED) is 0.0282. The molecule has 1 fully saturated rings. The first-order valence-corrected chi connectivity index (χ1v) is 21.8. The van der Waals surface area contributed by atoms with Gasteiger partial charge in [-0.1, -0.05) is 148 Å². The lowest BCUT2D eigenvalue weighted by Crippen LogP contribution is -2.28. The third kappa shape index (κ3) is 26.6. The van der Waals surface area contributed by atoms with Crippen molar-refractivity contribution >= 4 is 17.7 Å². The Morgan fingerprint density at radius 2 is 1.19 bits per heavy atom. The summed E-state index contributed by atoms with van der Waals surface area (Å²) >= 11 is 0. The van der Waals surface area contributed by atoms with Crippen LogP contribution < -0.4 is 0 Å². The predicted octanol–water partition coefficient (Wildman–Crippen LogP) is 9.10. The molecule has 0 aliphatic heterocycles. The lowest BCUT2D eigenvalue weighted by atomic mass is 9.87. The van der Waals surface area contributed by atoms with Crippen molar-refractivity contribution in [3.05, 3.63) is 12.2 Å². The summed E-state index contributed by atoms with van der Waals surface area (Å²) in [6.07, 6.45) is 26.2. The molecule has 0 aromatic rings. The number of rotatable bonds is 35. The van der Waals surface area contributed by atoms with E-state index in [0.29, 0.717) is 19.3 Å². The van der Waals surface area contributed by atoms with Gasteiger partial charge in [0.2, 0.25) is 0 Å². The highest BCUT2D eigenvalue weighted by atomic mass is 16.6. The highest BCUT2D eigenvalue weighted by Gasteiger charge is 2.41. The minimum atomic E-state index is -0.893. The van der Waals surface area contributed by atoms with Gasteiger partial charge in [0, 0.05) is 43.9 Å². The molecular weight excluding hydrogens is 672 g/mol. The SMILES string of the molecule is CCCCC[C@H](O)/C=C/[C@@H]1[C@@H](CC(=O)CCCCC(=O)OC[C@H](CO)OC(=O)CCCCCCCCCCCCCCCCCC(C)C)[C@@H](O)C[C@H]1O. The maximum absolute atomic E-state index is 12.7. The van der Waals surface area contributed by atoms with Crippen LogP contribution in [0, 0.1) is 17.8 Å². The second-order valence-corrected chi connectivity index (χ2v) is 16.2. The molecular formula is C44H80O9. The fourth-order valence-electron chi connectivity index (χ4n) is 7.32. The molecule has 0 bridgehead atoms. The zero-order chi connectivity index (χ0) is 39.1. The van der Waals surface area contributed by atoms with Crippen LogP contribution in [-0.2, 0) is 23.9 Å². The van der Waals surface area contributed by atoms with Crippen molar-refractivity contribution < 1.29 is 44.3 Å². The standard InChI is InChI=1S/C44H80O9/c1-4-5-19-25-36(46)29-30-39-40(42(49)32-41(39)48)31-37(47)26-22-23-27-43(50)52-34-38(33-45)53-44(51)28-21-18-16-14-12-10-8-6-7-9-11-13-15-17-20-24-35(2)3/h29-30,35-36,38-42,45-46,48-49H,4-28,31-34H2,1-3H3/b30-29+/t36-,38-,39+,40+,41+,42-/m0/s1. The van der Waals surface area contributed by atoms with E-state index in [0.717, 1.165) is 44.4 Å². The van der Waals surface area contributed by atoms with Crippen LogP contribution in [0.5, 0.6) is 0 Å². The maximum Gasteiger partial charge on any atom is 0.306 e. The summed E-state index contributed by atoms with van der Waals surface area (Å²) in [6.45, 7) is 6.08. The molecule has 0 saturated heterocycles. The third-order valence-electron chi connectivity index (χ3n) is 10.7. The van der Waals surface area contributed by atoms with E-state index in [-0.39, 0.29) is 50.4 Å². The number of carbonyl (C=O) groups is 3. The molecule has 1 rings (SSSR count). The van der Waals surface area contributed by atoms with E-state index in [1.54, 1.807) is 12.2 Å². The second-order valence-electron chi connectivity index (χ2n) is 16.2. The van der Waals surface area contributed by atoms with Gasteiger partial charge in [0.1, 0.15) is 12.4 Å². The van der Waals surface area contributed by atoms with Crippen molar-refractivity contribution in [3.63, 3.8) is 0 Å². The van der Waals surface area contributed by atoms with Gasteiger partial charge in [0.15, 0.2) is 6.10 Å². The molecule has 0 aromatic heterocycles. The van der Waals surface area contributed by atoms with Gasteiger partial charge in [0.25, 0.3) is 0 Å². The molecule has 1 aliphatic carbocycles. The van der Waals surface area contributed by atoms with Crippen molar-refractivity contribution in [2.45, 2.75) is 219 Å². The number of esters is 2. The number of aliphatic hydroxyl groups is 4. The molecule has 0 heterocycles. The number of Topliss-reactive ketones (excluding diaryl/α,β-unsaturated/α-hetero) is 1. The highest BCUT2D eigenvalue weighted by Crippen LogP contribution is 2.36. The average molecular weight is 753 g/mol. The molecule has 6 atom stereocenters. The number of ether oxygens (including phenoxy) is 2. The molecule has 0 unspecified atom stereocenters. The number of aliphatic hydroxyl groups excluding tert-OH is 4. The van der Waals surface area contributed by atoms with E-state index in [4.69, 9.17) is 9.47 Å². The fraction of sp³-hybridized carbons (Fsp3) is 0.886. The molecule has 0 radical (unpaired) electrons. The first-order valence-electron chi connectivity index (χ1n) is 21.8. The normalized spacial score (nSPS) is 19.9. The Labute approximate surface area is 323 Å². The number of unbranched alkanes of at least 4 members (excludes halogenated alkanes) is 17. The molecule has 310 valence electrons. The van der Waals surface area contributed by atoms with E-state index in [2.05, 4.69) is 20.8 Å². The van der Waals surface area contributed by atoms with Crippen LogP contribution in [0.4, 0.5) is 0 Å². The third-order valence-corrected chi connectivity index (χ3v) is 10.7. The number of hydrogen-bond donors (Lipinski definition) is 4. The van der Waals surface area contributed by atoms with Gasteiger partial charge in [-0.25, -0.2) is 0 Å². The van der Waals surface area contributed by atoms with Crippen LogP contribution in [-0.4, -0.2) is 75.8 Å². The number of carbonyl (C=O) groups excluding carboxylic acids is 3.